The Morgan fingerprint density at radius 1 is 1.19 bits per heavy atom. The molecule has 0 aromatic heterocycles. The maximum atomic E-state index is 6.10. The summed E-state index contributed by atoms with van der Waals surface area (Å²) in [6.07, 6.45) is 0. The zero-order valence-corrected chi connectivity index (χ0v) is 14.8. The van der Waals surface area contributed by atoms with Gasteiger partial charge in [-0.25, -0.2) is 0 Å². The smallest absolute Gasteiger partial charge is 0.0668 e. The van der Waals surface area contributed by atoms with E-state index in [1.54, 1.807) is 0 Å². The number of rotatable bonds is 2. The van der Waals surface area contributed by atoms with Gasteiger partial charge in [0.05, 0.1) is 11.7 Å². The van der Waals surface area contributed by atoms with Crippen molar-refractivity contribution in [3.8, 4) is 0 Å². The Bertz CT molecular complexity index is 617. The van der Waals surface area contributed by atoms with E-state index in [4.69, 9.17) is 11.6 Å². The van der Waals surface area contributed by atoms with Gasteiger partial charge in [-0.1, -0.05) is 41.9 Å². The second-order valence-electron chi connectivity index (χ2n) is 5.48. The van der Waals surface area contributed by atoms with Crippen LogP contribution in [0.5, 0.6) is 0 Å². The second kappa shape index (κ2) is 6.55. The predicted octanol–water partition coefficient (Wildman–Crippen LogP) is 4.48. The van der Waals surface area contributed by atoms with Gasteiger partial charge in [-0.15, -0.1) is 0 Å². The predicted molar refractivity (Wildman–Crippen MR) is 98.2 cm³/mol. The highest BCUT2D eigenvalue weighted by Crippen LogP contribution is 2.33. The van der Waals surface area contributed by atoms with Crippen molar-refractivity contribution in [3.63, 3.8) is 0 Å². The molecule has 1 aliphatic rings. The molecule has 1 heterocycles. The number of hydrogen-bond donors (Lipinski definition) is 1. The van der Waals surface area contributed by atoms with Crippen molar-refractivity contribution >= 4 is 39.9 Å². The van der Waals surface area contributed by atoms with Gasteiger partial charge in [-0.2, -0.15) is 0 Å². The largest absolute Gasteiger partial charge is 0.361 e. The Kier molecular flexibility index (Phi) is 4.72. The van der Waals surface area contributed by atoms with E-state index in [0.717, 1.165) is 18.1 Å². The molecule has 21 heavy (non-hydrogen) atoms. The summed E-state index contributed by atoms with van der Waals surface area (Å²) in [4.78, 5) is 2.49. The standard InChI is InChI=1S/C17H18ClIN2/c1-12-11-21(16-8-7-14(18)9-15(16)19)17(10-20-12)13-5-3-2-4-6-13/h2-9,12,17,20H,10-11H2,1H3. The van der Waals surface area contributed by atoms with Crippen LogP contribution in [0, 0.1) is 3.57 Å². The highest BCUT2D eigenvalue weighted by Gasteiger charge is 2.28. The number of anilines is 1. The Balaban J connectivity index is 1.98. The first-order valence-electron chi connectivity index (χ1n) is 7.15. The van der Waals surface area contributed by atoms with E-state index in [1.165, 1.54) is 14.8 Å². The third-order valence-electron chi connectivity index (χ3n) is 3.91. The molecule has 0 radical (unpaired) electrons. The van der Waals surface area contributed by atoms with Gasteiger partial charge in [-0.05, 0) is 53.3 Å². The minimum absolute atomic E-state index is 0.358. The molecule has 0 amide bonds. The van der Waals surface area contributed by atoms with E-state index in [9.17, 15) is 0 Å². The number of nitrogens with one attached hydrogen (secondary N) is 1. The third kappa shape index (κ3) is 3.35. The Labute approximate surface area is 144 Å². The lowest BCUT2D eigenvalue weighted by atomic mass is 10.0. The van der Waals surface area contributed by atoms with Crippen LogP contribution in [0.15, 0.2) is 48.5 Å². The van der Waals surface area contributed by atoms with Crippen molar-refractivity contribution in [2.24, 2.45) is 0 Å². The van der Waals surface area contributed by atoms with Gasteiger partial charge in [0.2, 0.25) is 0 Å². The SMILES string of the molecule is CC1CN(c2ccc(Cl)cc2I)C(c2ccccc2)CN1. The lowest BCUT2D eigenvalue weighted by molar-refractivity contribution is 0.416. The van der Waals surface area contributed by atoms with Crippen LogP contribution in [0.1, 0.15) is 18.5 Å². The molecule has 2 aromatic carbocycles. The quantitative estimate of drug-likeness (QED) is 0.732. The fourth-order valence-corrected chi connectivity index (χ4v) is 4.04. The van der Waals surface area contributed by atoms with Crippen molar-refractivity contribution in [3.05, 3.63) is 62.7 Å². The summed E-state index contributed by atoms with van der Waals surface area (Å²) in [6.45, 7) is 4.19. The minimum atomic E-state index is 0.358. The molecule has 1 fully saturated rings. The van der Waals surface area contributed by atoms with Crippen molar-refractivity contribution < 1.29 is 0 Å². The molecule has 2 atom stereocenters. The fraction of sp³-hybridized carbons (Fsp3) is 0.294. The first-order valence-corrected chi connectivity index (χ1v) is 8.61. The van der Waals surface area contributed by atoms with Crippen molar-refractivity contribution in [2.45, 2.75) is 19.0 Å². The molecule has 0 spiro atoms. The van der Waals surface area contributed by atoms with Crippen LogP contribution >= 0.6 is 34.2 Å². The van der Waals surface area contributed by atoms with Gasteiger partial charge < -0.3 is 10.2 Å². The lowest BCUT2D eigenvalue weighted by Gasteiger charge is -2.41. The number of benzene rings is 2. The fourth-order valence-electron chi connectivity index (χ4n) is 2.86. The average molecular weight is 413 g/mol. The van der Waals surface area contributed by atoms with Crippen LogP contribution in [-0.4, -0.2) is 19.1 Å². The molecular formula is C17H18ClIN2. The van der Waals surface area contributed by atoms with Crippen LogP contribution in [0.25, 0.3) is 0 Å². The average Bonchev–Trinajstić information content (AvgIpc) is 2.48. The third-order valence-corrected chi connectivity index (χ3v) is 5.01. The van der Waals surface area contributed by atoms with Crippen molar-refractivity contribution in [2.75, 3.05) is 18.0 Å². The van der Waals surface area contributed by atoms with Crippen LogP contribution in [0.3, 0.4) is 0 Å². The van der Waals surface area contributed by atoms with Gasteiger partial charge in [0.25, 0.3) is 0 Å². The Hall–Kier alpha value is -0.780. The number of nitrogens with zero attached hydrogens (tertiary/aromatic N) is 1. The Morgan fingerprint density at radius 2 is 1.95 bits per heavy atom. The first-order chi connectivity index (χ1) is 10.1. The molecule has 1 aliphatic heterocycles. The van der Waals surface area contributed by atoms with E-state index in [2.05, 4.69) is 76.1 Å². The van der Waals surface area contributed by atoms with E-state index in [1.807, 2.05) is 12.1 Å². The second-order valence-corrected chi connectivity index (χ2v) is 7.08. The van der Waals surface area contributed by atoms with E-state index in [0.29, 0.717) is 12.1 Å². The summed E-state index contributed by atoms with van der Waals surface area (Å²) >= 11 is 8.48. The van der Waals surface area contributed by atoms with Gasteiger partial charge >= 0.3 is 0 Å². The first kappa shape index (κ1) is 15.1. The lowest BCUT2D eigenvalue weighted by Crippen LogP contribution is -2.51. The maximum absolute atomic E-state index is 6.10. The van der Waals surface area contributed by atoms with Crippen molar-refractivity contribution in [1.82, 2.24) is 5.32 Å². The molecule has 2 nitrogen and oxygen atoms in total. The normalized spacial score (nSPS) is 22.3. The number of halogens is 2. The maximum Gasteiger partial charge on any atom is 0.0668 e. The van der Waals surface area contributed by atoms with Gasteiger partial charge in [0.1, 0.15) is 0 Å². The summed E-state index contributed by atoms with van der Waals surface area (Å²) in [5, 5.41) is 4.39. The molecule has 0 bridgehead atoms. The van der Waals surface area contributed by atoms with Gasteiger partial charge in [0, 0.05) is 27.7 Å². The monoisotopic (exact) mass is 412 g/mol. The summed E-state index contributed by atoms with van der Waals surface area (Å²) in [7, 11) is 0. The molecule has 2 unspecified atom stereocenters. The van der Waals surface area contributed by atoms with E-state index < -0.39 is 0 Å². The topological polar surface area (TPSA) is 15.3 Å². The minimum Gasteiger partial charge on any atom is -0.361 e. The highest BCUT2D eigenvalue weighted by atomic mass is 127. The molecule has 110 valence electrons. The molecule has 3 rings (SSSR count). The summed E-state index contributed by atoms with van der Waals surface area (Å²) in [6, 6.07) is 17.7. The molecule has 2 aromatic rings. The molecular weight excluding hydrogens is 395 g/mol. The summed E-state index contributed by atoms with van der Waals surface area (Å²) < 4.78 is 1.20. The summed E-state index contributed by atoms with van der Waals surface area (Å²) in [5.74, 6) is 0. The number of piperazine rings is 1. The zero-order chi connectivity index (χ0) is 14.8. The molecule has 1 saturated heterocycles. The molecule has 4 heteroatoms. The Morgan fingerprint density at radius 3 is 2.67 bits per heavy atom. The summed E-state index contributed by atoms with van der Waals surface area (Å²) in [5.41, 5.74) is 2.62. The van der Waals surface area contributed by atoms with Crippen LogP contribution in [0.2, 0.25) is 5.02 Å². The van der Waals surface area contributed by atoms with Crippen LogP contribution in [0.4, 0.5) is 5.69 Å². The van der Waals surface area contributed by atoms with E-state index in [-0.39, 0.29) is 0 Å². The van der Waals surface area contributed by atoms with E-state index >= 15 is 0 Å². The molecule has 0 aliphatic carbocycles. The van der Waals surface area contributed by atoms with Crippen LogP contribution in [-0.2, 0) is 0 Å². The highest BCUT2D eigenvalue weighted by molar-refractivity contribution is 14.1. The number of hydrogen-bond acceptors (Lipinski definition) is 2. The van der Waals surface area contributed by atoms with Gasteiger partial charge in [0.15, 0.2) is 0 Å². The van der Waals surface area contributed by atoms with Crippen LogP contribution < -0.4 is 10.2 Å². The van der Waals surface area contributed by atoms with Crippen molar-refractivity contribution in [1.29, 1.82) is 0 Å². The zero-order valence-electron chi connectivity index (χ0n) is 11.9. The molecule has 1 N–H and O–H groups in total. The molecule has 0 saturated carbocycles. The van der Waals surface area contributed by atoms with Gasteiger partial charge in [-0.3, -0.25) is 0 Å².